The molecule has 31 heavy (non-hydrogen) atoms. The molecule has 0 saturated carbocycles. The van der Waals surface area contributed by atoms with E-state index in [0.29, 0.717) is 0 Å². The summed E-state index contributed by atoms with van der Waals surface area (Å²) in [5, 5.41) is 10.7. The van der Waals surface area contributed by atoms with Crippen molar-refractivity contribution in [2.75, 3.05) is 0 Å². The van der Waals surface area contributed by atoms with Crippen molar-refractivity contribution in [1.29, 1.82) is 0 Å². The van der Waals surface area contributed by atoms with Crippen LogP contribution in [0.1, 0.15) is 41.5 Å². The Morgan fingerprint density at radius 3 is 2.16 bits per heavy atom. The van der Waals surface area contributed by atoms with Crippen molar-refractivity contribution in [3.63, 3.8) is 0 Å². The minimum atomic E-state index is -0.417. The number of carbonyl (C=O) groups excluding carboxylic acids is 1. The predicted molar refractivity (Wildman–Crippen MR) is 121 cm³/mol. The van der Waals surface area contributed by atoms with Crippen LogP contribution in [-0.2, 0) is 24.9 Å². The van der Waals surface area contributed by atoms with E-state index in [1.54, 1.807) is 6.07 Å². The van der Waals surface area contributed by atoms with Gasteiger partial charge in [-0.15, -0.1) is 29.8 Å². The van der Waals surface area contributed by atoms with Crippen molar-refractivity contribution in [1.82, 2.24) is 4.98 Å². The Morgan fingerprint density at radius 1 is 0.968 bits per heavy atom. The Morgan fingerprint density at radius 2 is 1.61 bits per heavy atom. The van der Waals surface area contributed by atoms with Crippen LogP contribution in [0.2, 0.25) is 0 Å². The first-order chi connectivity index (χ1) is 13.9. The number of aliphatic hydroxyl groups is 1. The molecule has 1 radical (unpaired) electrons. The van der Waals surface area contributed by atoms with Gasteiger partial charge in [0.15, 0.2) is 5.78 Å². The molecule has 0 amide bonds. The fraction of sp³-hybridized carbons (Fsp3) is 0.308. The van der Waals surface area contributed by atoms with Crippen molar-refractivity contribution in [2.45, 2.75) is 41.5 Å². The van der Waals surface area contributed by atoms with Crippen LogP contribution in [0.3, 0.4) is 0 Å². The summed E-state index contributed by atoms with van der Waals surface area (Å²) in [4.78, 5) is 16.0. The summed E-state index contributed by atoms with van der Waals surface area (Å²) in [6.45, 7) is 11.1. The maximum absolute atomic E-state index is 12.8. The summed E-state index contributed by atoms with van der Waals surface area (Å²) < 4.78 is 12.8. The van der Waals surface area contributed by atoms with Gasteiger partial charge in [0.1, 0.15) is 5.76 Å². The van der Waals surface area contributed by atoms with E-state index in [2.05, 4.69) is 11.1 Å². The summed E-state index contributed by atoms with van der Waals surface area (Å²) in [6.07, 6.45) is 1.33. The van der Waals surface area contributed by atoms with Crippen molar-refractivity contribution in [3.8, 4) is 11.3 Å². The number of hydrogen-bond donors (Lipinski definition) is 1. The van der Waals surface area contributed by atoms with E-state index < -0.39 is 5.41 Å². The molecule has 0 spiro atoms. The average molecular weight is 599 g/mol. The fourth-order valence-corrected chi connectivity index (χ4v) is 2.34. The van der Waals surface area contributed by atoms with Gasteiger partial charge in [0.2, 0.25) is 0 Å². The molecule has 0 aliphatic rings. The number of nitrogens with zero attached hydrogens (tertiary/aromatic N) is 1. The smallest absolute Gasteiger partial charge is 0.164 e. The van der Waals surface area contributed by atoms with Crippen molar-refractivity contribution < 1.29 is 34.4 Å². The molecule has 0 saturated heterocycles. The molecule has 0 atom stereocenters. The zero-order chi connectivity index (χ0) is 22.5. The second-order valence-electron chi connectivity index (χ2n) is 9.20. The van der Waals surface area contributed by atoms with Gasteiger partial charge in [-0.1, -0.05) is 71.9 Å². The van der Waals surface area contributed by atoms with Crippen LogP contribution in [0.15, 0.2) is 66.4 Å². The number of allylic oxidation sites excluding steroid dienone is 2. The first-order valence-corrected chi connectivity index (χ1v) is 9.87. The first kappa shape index (κ1) is 26.7. The molecule has 0 fully saturated rings. The Labute approximate surface area is 197 Å². The number of fused-ring (bicyclic) bond motifs is 1. The molecule has 167 valence electrons. The van der Waals surface area contributed by atoms with E-state index in [9.17, 15) is 14.3 Å². The zero-order valence-electron chi connectivity index (χ0n) is 18.8. The number of aromatic nitrogens is 1. The van der Waals surface area contributed by atoms with Crippen LogP contribution in [0.5, 0.6) is 0 Å². The molecule has 5 heteroatoms. The van der Waals surface area contributed by atoms with Gasteiger partial charge in [0, 0.05) is 42.8 Å². The number of ketones is 1. The second kappa shape index (κ2) is 10.8. The maximum Gasteiger partial charge on any atom is 0.164 e. The average Bonchev–Trinajstić information content (AvgIpc) is 2.67. The molecule has 3 rings (SSSR count). The van der Waals surface area contributed by atoms with Gasteiger partial charge in [-0.2, -0.15) is 0 Å². The van der Waals surface area contributed by atoms with Gasteiger partial charge in [0.05, 0.1) is 5.52 Å². The minimum Gasteiger partial charge on any atom is -0.512 e. The molecule has 3 aromatic rings. The molecule has 0 unspecified atom stereocenters. The Kier molecular flexibility index (Phi) is 9.28. The summed E-state index contributed by atoms with van der Waals surface area (Å²) in [5.41, 5.74) is 1.78. The summed E-state index contributed by atoms with van der Waals surface area (Å²) in [6, 6.07) is 19.2. The van der Waals surface area contributed by atoms with Gasteiger partial charge in [0.25, 0.3) is 0 Å². The van der Waals surface area contributed by atoms with Crippen molar-refractivity contribution in [2.24, 2.45) is 10.8 Å². The summed E-state index contributed by atoms with van der Waals surface area (Å²) in [7, 11) is 0. The van der Waals surface area contributed by atoms with E-state index in [1.807, 2.05) is 77.9 Å². The van der Waals surface area contributed by atoms with Gasteiger partial charge >= 0.3 is 0 Å². The first-order valence-electron chi connectivity index (χ1n) is 9.87. The molecular formula is C26H29FIrNO2-. The third-order valence-corrected chi connectivity index (χ3v) is 4.42. The number of hydrogen-bond acceptors (Lipinski definition) is 3. The molecule has 1 aromatic heterocycles. The number of aliphatic hydroxyl groups excluding tert-OH is 1. The van der Waals surface area contributed by atoms with E-state index in [1.165, 1.54) is 18.2 Å². The molecule has 0 aliphatic heterocycles. The fourth-order valence-electron chi connectivity index (χ4n) is 2.34. The van der Waals surface area contributed by atoms with Crippen LogP contribution in [-0.4, -0.2) is 15.9 Å². The predicted octanol–water partition coefficient (Wildman–Crippen LogP) is 6.93. The van der Waals surface area contributed by atoms with Crippen LogP contribution < -0.4 is 0 Å². The van der Waals surface area contributed by atoms with Gasteiger partial charge in [-0.3, -0.25) is 14.2 Å². The van der Waals surface area contributed by atoms with Crippen LogP contribution in [0.25, 0.3) is 22.2 Å². The Hall–Kier alpha value is -2.36. The number of pyridine rings is 1. The topological polar surface area (TPSA) is 50.2 Å². The third kappa shape index (κ3) is 8.01. The summed E-state index contributed by atoms with van der Waals surface area (Å²) >= 11 is 0. The van der Waals surface area contributed by atoms with Crippen LogP contribution >= 0.6 is 0 Å². The van der Waals surface area contributed by atoms with E-state index in [-0.39, 0.29) is 42.9 Å². The van der Waals surface area contributed by atoms with Crippen molar-refractivity contribution >= 4 is 16.7 Å². The van der Waals surface area contributed by atoms with Crippen molar-refractivity contribution in [3.05, 3.63) is 78.3 Å². The van der Waals surface area contributed by atoms with Crippen LogP contribution in [0, 0.1) is 22.7 Å². The van der Waals surface area contributed by atoms with E-state index in [4.69, 9.17) is 0 Å². The maximum atomic E-state index is 12.8. The number of benzene rings is 2. The number of halogens is 1. The molecule has 2 aromatic carbocycles. The SMILES string of the molecule is CC(C)(C)C(=O)/C=C(\O)C(C)(C)C.Fc1c[c-]c(-c2ccc3ccccc3n2)cc1.[Ir]. The molecule has 0 aliphatic carbocycles. The number of rotatable bonds is 2. The third-order valence-electron chi connectivity index (χ3n) is 4.42. The normalized spacial score (nSPS) is 11.9. The monoisotopic (exact) mass is 599 g/mol. The Balaban J connectivity index is 0.000000314. The quantitative estimate of drug-likeness (QED) is 0.198. The largest absolute Gasteiger partial charge is 0.512 e. The molecule has 0 bridgehead atoms. The molecular weight excluding hydrogens is 570 g/mol. The standard InChI is InChI=1S/C15H9FN.C11H20O2.Ir/c16-13-8-5-12(6-9-13)15-10-7-11-3-1-2-4-14(11)17-15;1-10(2,3)8(12)7-9(13)11(4,5)6;/h1-5,7-10H;7,12H,1-6H3;/q-1;;/b;8-7-;. The zero-order valence-corrected chi connectivity index (χ0v) is 21.2. The number of para-hydroxylation sites is 1. The molecule has 3 nitrogen and oxygen atoms in total. The summed E-state index contributed by atoms with van der Waals surface area (Å²) in [5.74, 6) is -0.179. The second-order valence-corrected chi connectivity index (χ2v) is 9.20. The molecule has 1 heterocycles. The van der Waals surface area contributed by atoms with E-state index in [0.717, 1.165) is 22.2 Å². The van der Waals surface area contributed by atoms with Crippen LogP contribution in [0.4, 0.5) is 4.39 Å². The minimum absolute atomic E-state index is 0. The van der Waals surface area contributed by atoms with Gasteiger partial charge in [-0.25, -0.2) is 0 Å². The molecule has 1 N–H and O–H groups in total. The number of carbonyl (C=O) groups is 1. The van der Waals surface area contributed by atoms with Gasteiger partial charge < -0.3 is 5.11 Å². The van der Waals surface area contributed by atoms with E-state index >= 15 is 0 Å². The van der Waals surface area contributed by atoms with Gasteiger partial charge in [-0.05, 0) is 17.1 Å². The Bertz CT molecular complexity index is 1050.